The highest BCUT2D eigenvalue weighted by Gasteiger charge is 2.25. The summed E-state index contributed by atoms with van der Waals surface area (Å²) in [5, 5.41) is 0. The molecule has 0 unspecified atom stereocenters. The Morgan fingerprint density at radius 1 is 0.684 bits per heavy atom. The molecule has 0 bridgehead atoms. The van der Waals surface area contributed by atoms with Gasteiger partial charge in [-0.15, -0.1) is 0 Å². The quantitative estimate of drug-likeness (QED) is 0.116. The van der Waals surface area contributed by atoms with Gasteiger partial charge in [-0.05, 0) is 68.9 Å². The summed E-state index contributed by atoms with van der Waals surface area (Å²) in [6, 6.07) is 19.7. The Morgan fingerprint density at radius 2 is 1.24 bits per heavy atom. The van der Waals surface area contributed by atoms with E-state index >= 15 is 0 Å². The standard InChI is InChI=1S/C33H44N2O3/c1-7-20-34(21-8-2)28-18-16-25(5)24-30(28)37-38-33-29(35(22-9-3)23-10-4)19-17-26(6)31(33)32(36)27-14-12-11-13-15-27/h11-19,24H,7-10,20-23H2,1-6H3. The first-order valence-corrected chi connectivity index (χ1v) is 14.1. The second-order valence-electron chi connectivity index (χ2n) is 9.91. The highest BCUT2D eigenvalue weighted by molar-refractivity contribution is 6.12. The van der Waals surface area contributed by atoms with Gasteiger partial charge in [-0.2, -0.15) is 0 Å². The molecule has 0 amide bonds. The first-order valence-electron chi connectivity index (χ1n) is 14.1. The number of carbonyl (C=O) groups excluding carboxylic acids is 1. The first kappa shape index (κ1) is 29.1. The summed E-state index contributed by atoms with van der Waals surface area (Å²) < 4.78 is 0. The van der Waals surface area contributed by atoms with Crippen molar-refractivity contribution in [3.63, 3.8) is 0 Å². The monoisotopic (exact) mass is 516 g/mol. The number of hydrogen-bond acceptors (Lipinski definition) is 5. The summed E-state index contributed by atoms with van der Waals surface area (Å²) in [5.74, 6) is 1.07. The second-order valence-corrected chi connectivity index (χ2v) is 9.91. The van der Waals surface area contributed by atoms with E-state index in [1.165, 1.54) is 0 Å². The summed E-state index contributed by atoms with van der Waals surface area (Å²) in [7, 11) is 0. The van der Waals surface area contributed by atoms with Crippen LogP contribution in [0.2, 0.25) is 0 Å². The molecule has 0 spiro atoms. The Bertz CT molecular complexity index is 1160. The average molecular weight is 517 g/mol. The summed E-state index contributed by atoms with van der Waals surface area (Å²) in [5.41, 5.74) is 5.00. The van der Waals surface area contributed by atoms with E-state index in [-0.39, 0.29) is 5.78 Å². The maximum Gasteiger partial charge on any atom is 0.213 e. The molecule has 204 valence electrons. The van der Waals surface area contributed by atoms with Crippen LogP contribution in [-0.2, 0) is 0 Å². The minimum absolute atomic E-state index is 0.0699. The Kier molecular flexibility index (Phi) is 11.1. The summed E-state index contributed by atoms with van der Waals surface area (Å²) in [6.07, 6.45) is 4.05. The molecule has 3 rings (SSSR count). The van der Waals surface area contributed by atoms with Gasteiger partial charge < -0.3 is 9.80 Å². The van der Waals surface area contributed by atoms with Crippen molar-refractivity contribution >= 4 is 17.2 Å². The van der Waals surface area contributed by atoms with E-state index in [1.54, 1.807) is 0 Å². The lowest BCUT2D eigenvalue weighted by Gasteiger charge is -2.28. The Hall–Kier alpha value is -3.47. The van der Waals surface area contributed by atoms with Crippen LogP contribution in [0.25, 0.3) is 0 Å². The molecule has 0 fully saturated rings. The maximum absolute atomic E-state index is 13.8. The Morgan fingerprint density at radius 3 is 1.82 bits per heavy atom. The predicted molar refractivity (Wildman–Crippen MR) is 159 cm³/mol. The smallest absolute Gasteiger partial charge is 0.213 e. The van der Waals surface area contributed by atoms with Gasteiger partial charge in [-0.1, -0.05) is 70.2 Å². The number of hydrogen-bond donors (Lipinski definition) is 0. The predicted octanol–water partition coefficient (Wildman–Crippen LogP) is 8.16. The SMILES string of the molecule is CCCN(CCC)c1ccc(C)cc1OOc1c(N(CCC)CCC)ccc(C)c1C(=O)c1ccccc1. The van der Waals surface area contributed by atoms with Crippen molar-refractivity contribution in [2.45, 2.75) is 67.2 Å². The average Bonchev–Trinajstić information content (AvgIpc) is 2.92. The fourth-order valence-electron chi connectivity index (χ4n) is 4.84. The van der Waals surface area contributed by atoms with Gasteiger partial charge in [-0.3, -0.25) is 14.6 Å². The van der Waals surface area contributed by atoms with E-state index in [0.717, 1.165) is 74.4 Å². The molecule has 0 aliphatic carbocycles. The van der Waals surface area contributed by atoms with Crippen LogP contribution in [-0.4, -0.2) is 32.0 Å². The number of rotatable bonds is 15. The summed E-state index contributed by atoms with van der Waals surface area (Å²) in [4.78, 5) is 30.9. The normalized spacial score (nSPS) is 10.8. The van der Waals surface area contributed by atoms with Crippen LogP contribution in [0.4, 0.5) is 11.4 Å². The molecule has 0 aromatic heterocycles. The van der Waals surface area contributed by atoms with Crippen LogP contribution in [0.15, 0.2) is 60.7 Å². The van der Waals surface area contributed by atoms with E-state index in [0.29, 0.717) is 22.6 Å². The third-order valence-corrected chi connectivity index (χ3v) is 6.59. The minimum atomic E-state index is -0.0699. The minimum Gasteiger partial charge on any atom is -0.368 e. The van der Waals surface area contributed by atoms with E-state index in [1.807, 2.05) is 56.3 Å². The van der Waals surface area contributed by atoms with Gasteiger partial charge in [0.15, 0.2) is 5.78 Å². The largest absolute Gasteiger partial charge is 0.368 e. The summed E-state index contributed by atoms with van der Waals surface area (Å²) in [6.45, 7) is 16.3. The van der Waals surface area contributed by atoms with Crippen molar-refractivity contribution in [3.8, 4) is 11.5 Å². The van der Waals surface area contributed by atoms with Crippen LogP contribution in [0.1, 0.15) is 80.4 Å². The van der Waals surface area contributed by atoms with Crippen molar-refractivity contribution in [2.24, 2.45) is 0 Å². The molecule has 0 heterocycles. The fraction of sp³-hybridized carbons (Fsp3) is 0.424. The van der Waals surface area contributed by atoms with Gasteiger partial charge in [-0.25, -0.2) is 0 Å². The van der Waals surface area contributed by atoms with E-state index in [4.69, 9.17) is 9.78 Å². The Labute approximate surface area is 229 Å². The number of benzene rings is 3. The maximum atomic E-state index is 13.8. The van der Waals surface area contributed by atoms with Crippen molar-refractivity contribution in [2.75, 3.05) is 36.0 Å². The van der Waals surface area contributed by atoms with Gasteiger partial charge in [0.2, 0.25) is 11.5 Å². The van der Waals surface area contributed by atoms with Gasteiger partial charge >= 0.3 is 0 Å². The topological polar surface area (TPSA) is 42.0 Å². The second kappa shape index (κ2) is 14.5. The van der Waals surface area contributed by atoms with Crippen LogP contribution < -0.4 is 19.6 Å². The molecule has 0 saturated carbocycles. The lowest BCUT2D eigenvalue weighted by molar-refractivity contribution is -0.0993. The Balaban J connectivity index is 2.12. The molecule has 3 aromatic carbocycles. The van der Waals surface area contributed by atoms with E-state index < -0.39 is 0 Å². The van der Waals surface area contributed by atoms with Gasteiger partial charge in [0.05, 0.1) is 16.9 Å². The molecule has 0 atom stereocenters. The van der Waals surface area contributed by atoms with E-state index in [9.17, 15) is 4.79 Å². The molecule has 0 radical (unpaired) electrons. The molecule has 3 aromatic rings. The van der Waals surface area contributed by atoms with Crippen molar-refractivity contribution in [1.82, 2.24) is 0 Å². The molecular formula is C33H44N2O3. The first-order chi connectivity index (χ1) is 18.4. The molecular weight excluding hydrogens is 472 g/mol. The highest BCUT2D eigenvalue weighted by atomic mass is 17.2. The van der Waals surface area contributed by atoms with Gasteiger partial charge in [0.1, 0.15) is 0 Å². The zero-order valence-electron chi connectivity index (χ0n) is 24.0. The molecule has 0 aliphatic heterocycles. The zero-order valence-corrected chi connectivity index (χ0v) is 24.0. The number of nitrogens with zero attached hydrogens (tertiary/aromatic N) is 2. The van der Waals surface area contributed by atoms with Crippen LogP contribution in [0, 0.1) is 13.8 Å². The molecule has 0 saturated heterocycles. The van der Waals surface area contributed by atoms with Crippen molar-refractivity contribution in [3.05, 3.63) is 82.9 Å². The molecule has 5 nitrogen and oxygen atoms in total. The van der Waals surface area contributed by atoms with Crippen LogP contribution in [0.5, 0.6) is 11.5 Å². The van der Waals surface area contributed by atoms with Crippen LogP contribution >= 0.6 is 0 Å². The third-order valence-electron chi connectivity index (χ3n) is 6.59. The lowest BCUT2D eigenvalue weighted by Crippen LogP contribution is -2.27. The van der Waals surface area contributed by atoms with Gasteiger partial charge in [0.25, 0.3) is 0 Å². The zero-order chi connectivity index (χ0) is 27.5. The summed E-state index contributed by atoms with van der Waals surface area (Å²) >= 11 is 0. The van der Waals surface area contributed by atoms with Crippen molar-refractivity contribution < 1.29 is 14.6 Å². The molecule has 38 heavy (non-hydrogen) atoms. The molecule has 5 heteroatoms. The lowest BCUT2D eigenvalue weighted by atomic mass is 9.97. The number of anilines is 2. The van der Waals surface area contributed by atoms with Gasteiger partial charge in [0, 0.05) is 31.7 Å². The van der Waals surface area contributed by atoms with Crippen LogP contribution in [0.3, 0.4) is 0 Å². The number of ketones is 1. The van der Waals surface area contributed by atoms with Crippen molar-refractivity contribution in [1.29, 1.82) is 0 Å². The fourth-order valence-corrected chi connectivity index (χ4v) is 4.84. The number of carbonyl (C=O) groups is 1. The number of aryl methyl sites for hydroxylation is 2. The molecule has 0 aliphatic rings. The molecule has 0 N–H and O–H groups in total. The van der Waals surface area contributed by atoms with E-state index in [2.05, 4.69) is 55.7 Å². The third kappa shape index (κ3) is 7.09. The highest BCUT2D eigenvalue weighted by Crippen LogP contribution is 2.38.